The molecule has 0 radical (unpaired) electrons. The van der Waals surface area contributed by atoms with Crippen molar-refractivity contribution >= 4 is 17.5 Å². The Hall–Kier alpha value is -2.62. The number of anilines is 1. The minimum absolute atomic E-state index is 0.0287. The number of urea groups is 1. The van der Waals surface area contributed by atoms with Crippen LogP contribution in [0.2, 0.25) is 0 Å². The molecule has 2 aromatic carbocycles. The van der Waals surface area contributed by atoms with Crippen LogP contribution in [0.1, 0.15) is 28.4 Å². The van der Waals surface area contributed by atoms with Crippen molar-refractivity contribution in [2.24, 2.45) is 0 Å². The molecule has 0 aliphatic heterocycles. The lowest BCUT2D eigenvalue weighted by Gasteiger charge is -2.10. The Bertz CT molecular complexity index is 665. The van der Waals surface area contributed by atoms with E-state index in [1.165, 1.54) is 6.92 Å². The number of hydrogen-bond donors (Lipinski definition) is 2. The molecule has 0 bridgehead atoms. The minimum atomic E-state index is -0.293. The van der Waals surface area contributed by atoms with Gasteiger partial charge in [0.25, 0.3) is 0 Å². The van der Waals surface area contributed by atoms with Gasteiger partial charge in [0.2, 0.25) is 0 Å². The highest BCUT2D eigenvalue weighted by Gasteiger charge is 2.05. The van der Waals surface area contributed by atoms with Crippen molar-refractivity contribution in [1.29, 1.82) is 0 Å². The molecular formula is C17H18N2O2. The van der Waals surface area contributed by atoms with Crippen LogP contribution in [-0.2, 0) is 6.54 Å². The number of hydrogen-bond acceptors (Lipinski definition) is 2. The molecule has 0 aliphatic carbocycles. The van der Waals surface area contributed by atoms with Crippen molar-refractivity contribution in [1.82, 2.24) is 5.32 Å². The Kier molecular flexibility index (Phi) is 4.72. The van der Waals surface area contributed by atoms with Gasteiger partial charge >= 0.3 is 6.03 Å². The number of benzene rings is 2. The molecule has 0 atom stereocenters. The standard InChI is InChI=1S/C17H18N2O2/c1-12-6-3-4-7-15(12)11-18-17(21)19-16-9-5-8-14(10-16)13(2)20/h3-10H,11H2,1-2H3,(H2,18,19,21). The monoisotopic (exact) mass is 282 g/mol. The van der Waals surface area contributed by atoms with Gasteiger partial charge in [-0.25, -0.2) is 4.79 Å². The van der Waals surface area contributed by atoms with E-state index in [1.54, 1.807) is 24.3 Å². The lowest BCUT2D eigenvalue weighted by atomic mass is 10.1. The lowest BCUT2D eigenvalue weighted by Crippen LogP contribution is -2.28. The summed E-state index contributed by atoms with van der Waals surface area (Å²) in [6.45, 7) is 3.97. The van der Waals surface area contributed by atoms with Crippen LogP contribution in [0, 0.1) is 6.92 Å². The van der Waals surface area contributed by atoms with Crippen molar-refractivity contribution in [3.63, 3.8) is 0 Å². The summed E-state index contributed by atoms with van der Waals surface area (Å²) in [5.74, 6) is -0.0287. The van der Waals surface area contributed by atoms with Crippen molar-refractivity contribution in [2.45, 2.75) is 20.4 Å². The molecule has 0 fully saturated rings. The van der Waals surface area contributed by atoms with Gasteiger partial charge in [0.1, 0.15) is 0 Å². The van der Waals surface area contributed by atoms with Crippen LogP contribution in [0.25, 0.3) is 0 Å². The highest BCUT2D eigenvalue weighted by Crippen LogP contribution is 2.11. The second-order valence-electron chi connectivity index (χ2n) is 4.87. The molecule has 2 amide bonds. The van der Waals surface area contributed by atoms with Gasteiger partial charge < -0.3 is 10.6 Å². The van der Waals surface area contributed by atoms with Crippen molar-refractivity contribution in [3.8, 4) is 0 Å². The Morgan fingerprint density at radius 1 is 1.05 bits per heavy atom. The van der Waals surface area contributed by atoms with Crippen LogP contribution < -0.4 is 10.6 Å². The van der Waals surface area contributed by atoms with Gasteiger partial charge in [0.05, 0.1) is 0 Å². The SMILES string of the molecule is CC(=O)c1cccc(NC(=O)NCc2ccccc2C)c1. The van der Waals surface area contributed by atoms with Crippen molar-refractivity contribution < 1.29 is 9.59 Å². The van der Waals surface area contributed by atoms with Gasteiger partial charge in [-0.15, -0.1) is 0 Å². The highest BCUT2D eigenvalue weighted by molar-refractivity contribution is 5.96. The second kappa shape index (κ2) is 6.70. The summed E-state index contributed by atoms with van der Waals surface area (Å²) in [4.78, 5) is 23.2. The molecule has 21 heavy (non-hydrogen) atoms. The van der Waals surface area contributed by atoms with Gasteiger partial charge in [-0.05, 0) is 37.1 Å². The van der Waals surface area contributed by atoms with Gasteiger partial charge in [-0.3, -0.25) is 4.79 Å². The van der Waals surface area contributed by atoms with E-state index in [4.69, 9.17) is 0 Å². The maximum Gasteiger partial charge on any atom is 0.319 e. The van der Waals surface area contributed by atoms with E-state index < -0.39 is 0 Å². The van der Waals surface area contributed by atoms with Crippen LogP contribution in [0.3, 0.4) is 0 Å². The number of Topliss-reactive ketones (excluding diaryl/α,β-unsaturated/α-hetero) is 1. The fourth-order valence-corrected chi connectivity index (χ4v) is 1.98. The van der Waals surface area contributed by atoms with Crippen molar-refractivity contribution in [2.75, 3.05) is 5.32 Å². The number of ketones is 1. The van der Waals surface area contributed by atoms with E-state index in [0.29, 0.717) is 17.8 Å². The summed E-state index contributed by atoms with van der Waals surface area (Å²) in [6, 6.07) is 14.5. The Morgan fingerprint density at radius 2 is 1.81 bits per heavy atom. The fraction of sp³-hybridized carbons (Fsp3) is 0.176. The number of carbonyl (C=O) groups excluding carboxylic acids is 2. The number of aryl methyl sites for hydroxylation is 1. The average Bonchev–Trinajstić information content (AvgIpc) is 2.46. The molecular weight excluding hydrogens is 264 g/mol. The first-order valence-corrected chi connectivity index (χ1v) is 6.76. The number of amides is 2. The van der Waals surface area contributed by atoms with Gasteiger partial charge in [-0.1, -0.05) is 36.4 Å². The zero-order valence-electron chi connectivity index (χ0n) is 12.1. The summed E-state index contributed by atoms with van der Waals surface area (Å²) >= 11 is 0. The predicted molar refractivity (Wildman–Crippen MR) is 83.5 cm³/mol. The van der Waals surface area contributed by atoms with E-state index in [-0.39, 0.29) is 11.8 Å². The number of rotatable bonds is 4. The third kappa shape index (κ3) is 4.18. The van der Waals surface area contributed by atoms with Crippen LogP contribution in [0.5, 0.6) is 0 Å². The fourth-order valence-electron chi connectivity index (χ4n) is 1.98. The zero-order chi connectivity index (χ0) is 15.2. The molecule has 4 heteroatoms. The van der Waals surface area contributed by atoms with E-state index in [2.05, 4.69) is 10.6 Å². The molecule has 0 spiro atoms. The summed E-state index contributed by atoms with van der Waals surface area (Å²) in [5, 5.41) is 5.53. The summed E-state index contributed by atoms with van der Waals surface area (Å²) in [6.07, 6.45) is 0. The molecule has 4 nitrogen and oxygen atoms in total. The van der Waals surface area contributed by atoms with E-state index in [0.717, 1.165) is 11.1 Å². The minimum Gasteiger partial charge on any atom is -0.334 e. The smallest absolute Gasteiger partial charge is 0.319 e. The van der Waals surface area contributed by atoms with Crippen molar-refractivity contribution in [3.05, 3.63) is 65.2 Å². The second-order valence-corrected chi connectivity index (χ2v) is 4.87. The quantitative estimate of drug-likeness (QED) is 0.843. The molecule has 2 aromatic rings. The first-order chi connectivity index (χ1) is 10.1. The van der Waals surface area contributed by atoms with Gasteiger partial charge in [0, 0.05) is 17.8 Å². The lowest BCUT2D eigenvalue weighted by molar-refractivity contribution is 0.101. The van der Waals surface area contributed by atoms with E-state index in [9.17, 15) is 9.59 Å². The molecule has 0 unspecified atom stereocenters. The predicted octanol–water partition coefficient (Wildman–Crippen LogP) is 3.52. The third-order valence-electron chi connectivity index (χ3n) is 3.23. The summed E-state index contributed by atoms with van der Waals surface area (Å²) < 4.78 is 0. The molecule has 2 rings (SSSR count). The first-order valence-electron chi connectivity index (χ1n) is 6.76. The summed E-state index contributed by atoms with van der Waals surface area (Å²) in [7, 11) is 0. The van der Waals surface area contributed by atoms with Gasteiger partial charge in [0.15, 0.2) is 5.78 Å². The first kappa shape index (κ1) is 14.8. The molecule has 108 valence electrons. The Balaban J connectivity index is 1.95. The topological polar surface area (TPSA) is 58.2 Å². The van der Waals surface area contributed by atoms with Crippen LogP contribution in [0.4, 0.5) is 10.5 Å². The molecule has 0 saturated heterocycles. The third-order valence-corrected chi connectivity index (χ3v) is 3.23. The average molecular weight is 282 g/mol. The molecule has 0 heterocycles. The number of carbonyl (C=O) groups is 2. The maximum atomic E-state index is 11.9. The molecule has 2 N–H and O–H groups in total. The highest BCUT2D eigenvalue weighted by atomic mass is 16.2. The largest absolute Gasteiger partial charge is 0.334 e. The Labute approximate surface area is 124 Å². The van der Waals surface area contributed by atoms with E-state index >= 15 is 0 Å². The molecule has 0 aliphatic rings. The summed E-state index contributed by atoms with van der Waals surface area (Å²) in [5.41, 5.74) is 3.39. The van der Waals surface area contributed by atoms with Gasteiger partial charge in [-0.2, -0.15) is 0 Å². The zero-order valence-corrected chi connectivity index (χ0v) is 12.1. The van der Waals surface area contributed by atoms with Crippen LogP contribution in [-0.4, -0.2) is 11.8 Å². The van der Waals surface area contributed by atoms with E-state index in [1.807, 2.05) is 31.2 Å². The Morgan fingerprint density at radius 3 is 2.52 bits per heavy atom. The molecule has 0 saturated carbocycles. The van der Waals surface area contributed by atoms with Crippen LogP contribution >= 0.6 is 0 Å². The normalized spacial score (nSPS) is 10.0. The van der Waals surface area contributed by atoms with Crippen LogP contribution in [0.15, 0.2) is 48.5 Å². The maximum absolute atomic E-state index is 11.9. The number of nitrogens with one attached hydrogen (secondary N) is 2. The molecule has 0 aromatic heterocycles.